The number of sulfonamides is 1. The number of alkyl halides is 3. The quantitative estimate of drug-likeness (QED) is 0.619. The van der Waals surface area contributed by atoms with Gasteiger partial charge < -0.3 is 5.32 Å². The molecule has 0 radical (unpaired) electrons. The van der Waals surface area contributed by atoms with Gasteiger partial charge in [0.25, 0.3) is 0 Å². The van der Waals surface area contributed by atoms with Crippen LogP contribution in [0.1, 0.15) is 24.5 Å². The molecular formula is C16H23F3N2O3S2. The number of benzene rings is 1. The molecule has 1 unspecified atom stereocenters. The first kappa shape index (κ1) is 22.8. The zero-order chi connectivity index (χ0) is 19.8. The topological polar surface area (TPSA) is 75.3 Å². The Labute approximate surface area is 156 Å². The van der Waals surface area contributed by atoms with Crippen molar-refractivity contribution in [3.8, 4) is 0 Å². The summed E-state index contributed by atoms with van der Waals surface area (Å²) in [5.74, 6) is -0.128. The largest absolute Gasteiger partial charge is 0.416 e. The minimum atomic E-state index is -4.46. The van der Waals surface area contributed by atoms with E-state index in [9.17, 15) is 26.4 Å². The van der Waals surface area contributed by atoms with Gasteiger partial charge in [-0.15, -0.1) is 0 Å². The lowest BCUT2D eigenvalue weighted by atomic mass is 10.0. The fraction of sp³-hybridized carbons (Fsp3) is 0.562. The standard InChI is InChI=1S/C16H23F3N2O3S2/c1-3-26(23,24)21-14(9-11-25-2)15(22)20-10-8-12-6-4-5-7-13(12)16(17,18)19/h4-7,14,21H,3,8-11H2,1-2H3,(H,20,22). The van der Waals surface area contributed by atoms with Crippen LogP contribution < -0.4 is 10.0 Å². The van der Waals surface area contributed by atoms with Crippen molar-refractivity contribution in [1.29, 1.82) is 0 Å². The molecule has 1 atom stereocenters. The fourth-order valence-corrected chi connectivity index (χ4v) is 3.53. The van der Waals surface area contributed by atoms with Crippen molar-refractivity contribution < 1.29 is 26.4 Å². The summed E-state index contributed by atoms with van der Waals surface area (Å²) < 4.78 is 64.6. The maximum absolute atomic E-state index is 13.0. The van der Waals surface area contributed by atoms with Crippen LogP contribution >= 0.6 is 11.8 Å². The second-order valence-corrected chi connectivity index (χ2v) is 8.58. The van der Waals surface area contributed by atoms with Crippen LogP contribution in [-0.4, -0.2) is 44.7 Å². The molecule has 26 heavy (non-hydrogen) atoms. The Morgan fingerprint density at radius 1 is 1.27 bits per heavy atom. The molecule has 0 saturated carbocycles. The van der Waals surface area contributed by atoms with E-state index in [1.54, 1.807) is 0 Å². The van der Waals surface area contributed by atoms with Gasteiger partial charge in [-0.1, -0.05) is 18.2 Å². The Bertz CT molecular complexity index is 694. The molecule has 0 spiro atoms. The molecule has 0 saturated heterocycles. The minimum absolute atomic E-state index is 0.00278. The number of nitrogens with one attached hydrogen (secondary N) is 2. The second kappa shape index (κ2) is 10.2. The molecule has 0 aliphatic rings. The van der Waals surface area contributed by atoms with Gasteiger partial charge in [-0.25, -0.2) is 13.1 Å². The average Bonchev–Trinajstić information content (AvgIpc) is 2.58. The average molecular weight is 412 g/mol. The minimum Gasteiger partial charge on any atom is -0.354 e. The van der Waals surface area contributed by atoms with Crippen LogP contribution in [0.4, 0.5) is 13.2 Å². The molecule has 1 amide bonds. The van der Waals surface area contributed by atoms with E-state index in [2.05, 4.69) is 10.0 Å². The zero-order valence-electron chi connectivity index (χ0n) is 14.6. The molecule has 0 aromatic heterocycles. The van der Waals surface area contributed by atoms with E-state index in [4.69, 9.17) is 0 Å². The van der Waals surface area contributed by atoms with Crippen LogP contribution in [0.15, 0.2) is 24.3 Å². The normalized spacial score (nSPS) is 13.4. The lowest BCUT2D eigenvalue weighted by Gasteiger charge is -2.18. The predicted molar refractivity (Wildman–Crippen MR) is 97.5 cm³/mol. The molecule has 0 bridgehead atoms. The number of rotatable bonds is 10. The van der Waals surface area contributed by atoms with Gasteiger partial charge in [0.15, 0.2) is 0 Å². The van der Waals surface area contributed by atoms with E-state index >= 15 is 0 Å². The van der Waals surface area contributed by atoms with Crippen LogP contribution in [0.3, 0.4) is 0 Å². The maximum Gasteiger partial charge on any atom is 0.416 e. The third kappa shape index (κ3) is 7.55. The Hall–Kier alpha value is -1.26. The van der Waals surface area contributed by atoms with Gasteiger partial charge in [-0.2, -0.15) is 24.9 Å². The van der Waals surface area contributed by atoms with Crippen molar-refractivity contribution in [3.05, 3.63) is 35.4 Å². The molecule has 5 nitrogen and oxygen atoms in total. The van der Waals surface area contributed by atoms with Crippen molar-refractivity contribution in [3.63, 3.8) is 0 Å². The Morgan fingerprint density at radius 3 is 2.50 bits per heavy atom. The highest BCUT2D eigenvalue weighted by Gasteiger charge is 2.32. The number of hydrogen-bond acceptors (Lipinski definition) is 4. The number of carbonyl (C=O) groups excluding carboxylic acids is 1. The first-order valence-electron chi connectivity index (χ1n) is 8.02. The molecule has 1 rings (SSSR count). The summed E-state index contributed by atoms with van der Waals surface area (Å²) in [6.07, 6.45) is -2.34. The Balaban J connectivity index is 2.71. The molecule has 1 aromatic carbocycles. The summed E-state index contributed by atoms with van der Waals surface area (Å²) in [5.41, 5.74) is -0.657. The number of halogens is 3. The highest BCUT2D eigenvalue weighted by Crippen LogP contribution is 2.31. The Kier molecular flexibility index (Phi) is 8.91. The molecular weight excluding hydrogens is 389 g/mol. The SMILES string of the molecule is CCS(=O)(=O)NC(CCSC)C(=O)NCCc1ccccc1C(F)(F)F. The van der Waals surface area contributed by atoms with E-state index in [1.807, 2.05) is 6.26 Å². The van der Waals surface area contributed by atoms with Gasteiger partial charge >= 0.3 is 6.18 Å². The molecule has 2 N–H and O–H groups in total. The molecule has 0 heterocycles. The molecule has 0 aliphatic heterocycles. The second-order valence-electron chi connectivity index (χ2n) is 5.55. The van der Waals surface area contributed by atoms with Crippen molar-refractivity contribution in [1.82, 2.24) is 10.0 Å². The summed E-state index contributed by atoms with van der Waals surface area (Å²) in [7, 11) is -3.57. The fourth-order valence-electron chi connectivity index (χ4n) is 2.24. The van der Waals surface area contributed by atoms with Crippen LogP contribution in [0.5, 0.6) is 0 Å². The summed E-state index contributed by atoms with van der Waals surface area (Å²) in [5, 5.41) is 2.52. The predicted octanol–water partition coefficient (Wildman–Crippen LogP) is 2.43. The molecule has 1 aromatic rings. The van der Waals surface area contributed by atoms with E-state index in [-0.39, 0.29) is 24.3 Å². The monoisotopic (exact) mass is 412 g/mol. The number of carbonyl (C=O) groups is 1. The van der Waals surface area contributed by atoms with Gasteiger partial charge in [0.2, 0.25) is 15.9 Å². The van der Waals surface area contributed by atoms with Crippen molar-refractivity contribution in [2.75, 3.05) is 24.3 Å². The smallest absolute Gasteiger partial charge is 0.354 e. The summed E-state index contributed by atoms with van der Waals surface area (Å²) in [6.45, 7) is 1.44. The van der Waals surface area contributed by atoms with E-state index in [0.717, 1.165) is 6.07 Å². The van der Waals surface area contributed by atoms with Crippen LogP contribution in [0, 0.1) is 0 Å². The lowest BCUT2D eigenvalue weighted by molar-refractivity contribution is -0.138. The molecule has 10 heteroatoms. The summed E-state index contributed by atoms with van der Waals surface area (Å²) >= 11 is 1.47. The van der Waals surface area contributed by atoms with Crippen molar-refractivity contribution >= 4 is 27.7 Å². The van der Waals surface area contributed by atoms with Crippen molar-refractivity contribution in [2.45, 2.75) is 32.0 Å². The number of amides is 1. The van der Waals surface area contributed by atoms with Crippen molar-refractivity contribution in [2.24, 2.45) is 0 Å². The molecule has 0 aliphatic carbocycles. The van der Waals surface area contributed by atoms with Gasteiger partial charge in [0.1, 0.15) is 6.04 Å². The molecule has 148 valence electrons. The van der Waals surface area contributed by atoms with Gasteiger partial charge in [0.05, 0.1) is 11.3 Å². The first-order valence-corrected chi connectivity index (χ1v) is 11.1. The summed E-state index contributed by atoms with van der Waals surface area (Å²) in [6, 6.07) is 4.23. The van der Waals surface area contributed by atoms with E-state index in [0.29, 0.717) is 12.2 Å². The summed E-state index contributed by atoms with van der Waals surface area (Å²) in [4.78, 5) is 12.2. The highest BCUT2D eigenvalue weighted by atomic mass is 32.2. The van der Waals surface area contributed by atoms with Gasteiger partial charge in [-0.05, 0) is 43.4 Å². The maximum atomic E-state index is 13.0. The van der Waals surface area contributed by atoms with Gasteiger partial charge in [0, 0.05) is 6.54 Å². The van der Waals surface area contributed by atoms with E-state index in [1.165, 1.54) is 36.9 Å². The van der Waals surface area contributed by atoms with Crippen LogP contribution in [0.2, 0.25) is 0 Å². The third-order valence-electron chi connectivity index (χ3n) is 3.65. The number of thioether (sulfide) groups is 1. The Morgan fingerprint density at radius 2 is 1.92 bits per heavy atom. The van der Waals surface area contributed by atoms with E-state index < -0.39 is 33.7 Å². The lowest BCUT2D eigenvalue weighted by Crippen LogP contribution is -2.47. The highest BCUT2D eigenvalue weighted by molar-refractivity contribution is 7.98. The zero-order valence-corrected chi connectivity index (χ0v) is 16.2. The van der Waals surface area contributed by atoms with Gasteiger partial charge in [-0.3, -0.25) is 4.79 Å². The number of hydrogen-bond donors (Lipinski definition) is 2. The van der Waals surface area contributed by atoms with Crippen LogP contribution in [-0.2, 0) is 27.4 Å². The third-order valence-corrected chi connectivity index (χ3v) is 5.69. The van der Waals surface area contributed by atoms with Crippen LogP contribution in [0.25, 0.3) is 0 Å². The first-order chi connectivity index (χ1) is 12.1. The molecule has 0 fully saturated rings.